The molecule has 0 radical (unpaired) electrons. The number of likely N-dealkylation sites (N-methyl/N-ethyl adjacent to an activating group) is 1. The molecular formula is C18H34N4. The zero-order valence-electron chi connectivity index (χ0n) is 15.0. The highest BCUT2D eigenvalue weighted by Crippen LogP contribution is 2.34. The van der Waals surface area contributed by atoms with E-state index in [1.54, 1.807) is 0 Å². The molecule has 0 aromatic rings. The first-order valence-electron chi connectivity index (χ1n) is 9.30. The molecule has 4 aliphatic rings. The van der Waals surface area contributed by atoms with Gasteiger partial charge in [0.25, 0.3) is 0 Å². The molecule has 2 atom stereocenters. The van der Waals surface area contributed by atoms with Crippen molar-refractivity contribution in [3.63, 3.8) is 0 Å². The van der Waals surface area contributed by atoms with Crippen LogP contribution in [0.1, 0.15) is 27.2 Å². The molecule has 4 heterocycles. The zero-order chi connectivity index (χ0) is 15.5. The van der Waals surface area contributed by atoms with E-state index in [4.69, 9.17) is 0 Å². The SMILES string of the molecule is CN1CC(N2CC3CC(C2)CN(C2CN(C(C)(C)C)C2)C3)C1. The Balaban J connectivity index is 1.30. The normalized spacial score (nSPS) is 37.1. The molecular weight excluding hydrogens is 272 g/mol. The predicted molar refractivity (Wildman–Crippen MR) is 91.1 cm³/mol. The van der Waals surface area contributed by atoms with E-state index in [-0.39, 0.29) is 0 Å². The smallest absolute Gasteiger partial charge is 0.0351 e. The summed E-state index contributed by atoms with van der Waals surface area (Å²) in [5.74, 6) is 1.86. The molecule has 4 fully saturated rings. The molecule has 4 aliphatic heterocycles. The van der Waals surface area contributed by atoms with Gasteiger partial charge < -0.3 is 4.90 Å². The van der Waals surface area contributed by atoms with Gasteiger partial charge in [0.05, 0.1) is 0 Å². The lowest BCUT2D eigenvalue weighted by molar-refractivity contribution is -0.0773. The standard InChI is InChI=1S/C18H34N4/c1-18(2,3)22-12-17(13-22)21-8-14-5-15(9-21)7-20(6-14)16-10-19(4)11-16/h14-17H,5-13H2,1-4H3. The fraction of sp³-hybridized carbons (Fsp3) is 1.00. The van der Waals surface area contributed by atoms with Gasteiger partial charge in [-0.25, -0.2) is 0 Å². The van der Waals surface area contributed by atoms with Crippen LogP contribution in [0.4, 0.5) is 0 Å². The van der Waals surface area contributed by atoms with Crippen molar-refractivity contribution in [2.75, 3.05) is 59.4 Å². The number of nitrogens with zero attached hydrogens (tertiary/aromatic N) is 4. The van der Waals surface area contributed by atoms with Gasteiger partial charge >= 0.3 is 0 Å². The average molecular weight is 306 g/mol. The Kier molecular flexibility index (Phi) is 3.80. The van der Waals surface area contributed by atoms with Crippen molar-refractivity contribution in [3.8, 4) is 0 Å². The van der Waals surface area contributed by atoms with Crippen LogP contribution >= 0.6 is 0 Å². The summed E-state index contributed by atoms with van der Waals surface area (Å²) in [5.41, 5.74) is 0.356. The van der Waals surface area contributed by atoms with Crippen molar-refractivity contribution in [2.45, 2.75) is 44.8 Å². The van der Waals surface area contributed by atoms with Gasteiger partial charge in [0.15, 0.2) is 0 Å². The third kappa shape index (κ3) is 2.83. The summed E-state index contributed by atoms with van der Waals surface area (Å²) in [7, 11) is 2.25. The maximum Gasteiger partial charge on any atom is 0.0351 e. The third-order valence-corrected chi connectivity index (χ3v) is 6.53. The molecule has 0 aliphatic carbocycles. The van der Waals surface area contributed by atoms with Crippen LogP contribution in [-0.4, -0.2) is 96.6 Å². The lowest BCUT2D eigenvalue weighted by atomic mass is 9.82. The van der Waals surface area contributed by atoms with Crippen LogP contribution in [0.3, 0.4) is 0 Å². The molecule has 4 nitrogen and oxygen atoms in total. The van der Waals surface area contributed by atoms with E-state index in [1.807, 2.05) is 0 Å². The number of likely N-dealkylation sites (tertiary alicyclic amines) is 4. The van der Waals surface area contributed by atoms with E-state index < -0.39 is 0 Å². The Labute approximate surface area is 136 Å². The number of piperidine rings is 2. The van der Waals surface area contributed by atoms with Crippen LogP contribution in [0, 0.1) is 11.8 Å². The second-order valence-corrected chi connectivity index (χ2v) is 9.48. The first kappa shape index (κ1) is 15.4. The first-order valence-corrected chi connectivity index (χ1v) is 9.30. The number of fused-ring (bicyclic) bond motifs is 2. The van der Waals surface area contributed by atoms with Crippen LogP contribution in [0.5, 0.6) is 0 Å². The minimum atomic E-state index is 0.356. The molecule has 22 heavy (non-hydrogen) atoms. The molecule has 0 amide bonds. The molecule has 0 aromatic heterocycles. The maximum absolute atomic E-state index is 2.84. The highest BCUT2D eigenvalue weighted by molar-refractivity contribution is 4.99. The lowest BCUT2D eigenvalue weighted by Crippen LogP contribution is -2.68. The molecule has 4 heteroatoms. The minimum absolute atomic E-state index is 0.356. The van der Waals surface area contributed by atoms with Crippen molar-refractivity contribution in [1.29, 1.82) is 0 Å². The van der Waals surface area contributed by atoms with Gasteiger partial charge in [0.2, 0.25) is 0 Å². The van der Waals surface area contributed by atoms with E-state index in [2.05, 4.69) is 47.4 Å². The molecule has 0 aromatic carbocycles. The van der Waals surface area contributed by atoms with Crippen LogP contribution < -0.4 is 0 Å². The van der Waals surface area contributed by atoms with Gasteiger partial charge in [-0.3, -0.25) is 14.7 Å². The minimum Gasteiger partial charge on any atom is -0.303 e. The zero-order valence-corrected chi connectivity index (χ0v) is 15.0. The van der Waals surface area contributed by atoms with Crippen molar-refractivity contribution < 1.29 is 0 Å². The van der Waals surface area contributed by atoms with Crippen LogP contribution in [0.25, 0.3) is 0 Å². The fourth-order valence-electron chi connectivity index (χ4n) is 5.09. The van der Waals surface area contributed by atoms with Gasteiger partial charge in [-0.05, 0) is 46.1 Å². The molecule has 0 saturated carbocycles. The molecule has 126 valence electrons. The molecule has 0 spiro atoms. The summed E-state index contributed by atoms with van der Waals surface area (Å²) in [6, 6.07) is 1.70. The number of hydrogen-bond donors (Lipinski definition) is 0. The summed E-state index contributed by atoms with van der Waals surface area (Å²) in [5, 5.41) is 0. The highest BCUT2D eigenvalue weighted by atomic mass is 15.4. The van der Waals surface area contributed by atoms with E-state index in [9.17, 15) is 0 Å². The average Bonchev–Trinajstić information content (AvgIpc) is 2.30. The maximum atomic E-state index is 2.84. The highest BCUT2D eigenvalue weighted by Gasteiger charge is 2.44. The van der Waals surface area contributed by atoms with Crippen LogP contribution in [0.15, 0.2) is 0 Å². The van der Waals surface area contributed by atoms with Gasteiger partial charge in [-0.15, -0.1) is 0 Å². The third-order valence-electron chi connectivity index (χ3n) is 6.53. The molecule has 2 unspecified atom stereocenters. The number of hydrogen-bond acceptors (Lipinski definition) is 4. The summed E-state index contributed by atoms with van der Waals surface area (Å²) in [6.45, 7) is 17.7. The van der Waals surface area contributed by atoms with E-state index in [1.165, 1.54) is 58.8 Å². The van der Waals surface area contributed by atoms with Crippen LogP contribution in [0.2, 0.25) is 0 Å². The van der Waals surface area contributed by atoms with E-state index in [0.717, 1.165) is 23.9 Å². The Hall–Kier alpha value is -0.160. The molecule has 2 bridgehead atoms. The monoisotopic (exact) mass is 306 g/mol. The van der Waals surface area contributed by atoms with Crippen molar-refractivity contribution >= 4 is 0 Å². The second-order valence-electron chi connectivity index (χ2n) is 9.48. The van der Waals surface area contributed by atoms with Crippen molar-refractivity contribution in [2.24, 2.45) is 11.8 Å². The van der Waals surface area contributed by atoms with Crippen molar-refractivity contribution in [1.82, 2.24) is 19.6 Å². The topological polar surface area (TPSA) is 13.0 Å². The molecule has 4 saturated heterocycles. The molecule has 0 N–H and O–H groups in total. The second kappa shape index (κ2) is 5.44. The quantitative estimate of drug-likeness (QED) is 0.756. The summed E-state index contributed by atoms with van der Waals surface area (Å²) >= 11 is 0. The summed E-state index contributed by atoms with van der Waals surface area (Å²) < 4.78 is 0. The van der Waals surface area contributed by atoms with E-state index in [0.29, 0.717) is 5.54 Å². The van der Waals surface area contributed by atoms with Gasteiger partial charge in [-0.2, -0.15) is 0 Å². The first-order chi connectivity index (χ1) is 10.4. The van der Waals surface area contributed by atoms with Crippen molar-refractivity contribution in [3.05, 3.63) is 0 Å². The van der Waals surface area contributed by atoms with E-state index >= 15 is 0 Å². The largest absolute Gasteiger partial charge is 0.303 e. The lowest BCUT2D eigenvalue weighted by Gasteiger charge is -2.57. The number of rotatable bonds is 2. The van der Waals surface area contributed by atoms with Crippen LogP contribution in [-0.2, 0) is 0 Å². The fourth-order valence-corrected chi connectivity index (χ4v) is 5.09. The van der Waals surface area contributed by atoms with Gasteiger partial charge in [0.1, 0.15) is 0 Å². The predicted octanol–water partition coefficient (Wildman–Crippen LogP) is 1.04. The molecule has 4 rings (SSSR count). The Morgan fingerprint density at radius 1 is 0.682 bits per heavy atom. The Bertz CT molecular complexity index is 392. The summed E-state index contributed by atoms with van der Waals surface area (Å²) in [6.07, 6.45) is 1.49. The summed E-state index contributed by atoms with van der Waals surface area (Å²) in [4.78, 5) is 10.7. The Morgan fingerprint density at radius 3 is 1.55 bits per heavy atom. The van der Waals surface area contributed by atoms with Gasteiger partial charge in [0, 0.05) is 70.0 Å². The van der Waals surface area contributed by atoms with Gasteiger partial charge in [-0.1, -0.05) is 0 Å². The Morgan fingerprint density at radius 2 is 1.14 bits per heavy atom.